The molecule has 1 aromatic rings. The Labute approximate surface area is 117 Å². The Bertz CT molecular complexity index is 495. The summed E-state index contributed by atoms with van der Waals surface area (Å²) in [7, 11) is 3.25. The van der Waals surface area contributed by atoms with Crippen molar-refractivity contribution in [3.05, 3.63) is 52.0 Å². The van der Waals surface area contributed by atoms with Crippen molar-refractivity contribution in [1.29, 1.82) is 0 Å². The lowest BCUT2D eigenvalue weighted by Gasteiger charge is -2.27. The molecule has 1 aliphatic carbocycles. The van der Waals surface area contributed by atoms with E-state index >= 15 is 0 Å². The van der Waals surface area contributed by atoms with Gasteiger partial charge in [-0.2, -0.15) is 0 Å². The van der Waals surface area contributed by atoms with E-state index in [2.05, 4.69) is 0 Å². The second-order valence-electron chi connectivity index (χ2n) is 3.98. The van der Waals surface area contributed by atoms with Crippen LogP contribution >= 0.6 is 23.2 Å². The van der Waals surface area contributed by atoms with Crippen molar-refractivity contribution in [2.75, 3.05) is 14.2 Å². The van der Waals surface area contributed by atoms with Gasteiger partial charge in [0.15, 0.2) is 0 Å². The maximum Gasteiger partial charge on any atom is 0.141 e. The molecule has 4 heteroatoms. The summed E-state index contributed by atoms with van der Waals surface area (Å²) in [5, 5.41) is 1.26. The Morgan fingerprint density at radius 3 is 2.61 bits per heavy atom. The van der Waals surface area contributed by atoms with Crippen LogP contribution < -0.4 is 4.74 Å². The minimum Gasteiger partial charge on any atom is -0.495 e. The minimum absolute atomic E-state index is 0.00106. The SMILES string of the molecule is COc1c(Cl)cccc1C1C=CC=C(Cl)[C@H]1OC. The number of benzene rings is 1. The lowest BCUT2D eigenvalue weighted by Crippen LogP contribution is -2.22. The van der Waals surface area contributed by atoms with Gasteiger partial charge >= 0.3 is 0 Å². The first-order chi connectivity index (χ1) is 8.69. The molecule has 2 nitrogen and oxygen atoms in total. The van der Waals surface area contributed by atoms with Gasteiger partial charge in [0.2, 0.25) is 0 Å². The second kappa shape index (κ2) is 5.79. The summed E-state index contributed by atoms with van der Waals surface area (Å²) in [6.07, 6.45) is 5.59. The molecule has 0 bridgehead atoms. The van der Waals surface area contributed by atoms with Crippen LogP contribution in [0.4, 0.5) is 0 Å². The number of allylic oxidation sites excluding steroid dienone is 2. The van der Waals surface area contributed by atoms with Crippen LogP contribution in [-0.2, 0) is 4.74 Å². The predicted molar refractivity (Wildman–Crippen MR) is 74.6 cm³/mol. The van der Waals surface area contributed by atoms with Crippen LogP contribution in [0.2, 0.25) is 5.02 Å². The molecule has 18 heavy (non-hydrogen) atoms. The molecule has 0 aromatic heterocycles. The summed E-state index contributed by atoms with van der Waals surface area (Å²) in [5.74, 6) is 0.670. The van der Waals surface area contributed by atoms with Gasteiger partial charge in [-0.25, -0.2) is 0 Å². The summed E-state index contributed by atoms with van der Waals surface area (Å²) >= 11 is 12.3. The second-order valence-corrected chi connectivity index (χ2v) is 4.82. The molecule has 2 atom stereocenters. The first-order valence-corrected chi connectivity index (χ1v) is 6.33. The molecular formula is C14H14Cl2O2. The van der Waals surface area contributed by atoms with E-state index in [1.54, 1.807) is 20.3 Å². The topological polar surface area (TPSA) is 18.5 Å². The molecule has 1 aliphatic rings. The van der Waals surface area contributed by atoms with Crippen LogP contribution in [0.1, 0.15) is 11.5 Å². The molecule has 0 spiro atoms. The molecule has 1 unspecified atom stereocenters. The monoisotopic (exact) mass is 284 g/mol. The van der Waals surface area contributed by atoms with E-state index in [1.807, 2.05) is 30.4 Å². The molecule has 0 heterocycles. The van der Waals surface area contributed by atoms with E-state index in [0.29, 0.717) is 15.8 Å². The predicted octanol–water partition coefficient (Wildman–Crippen LogP) is 4.14. The van der Waals surface area contributed by atoms with Gasteiger partial charge in [-0.05, 0) is 12.1 Å². The Morgan fingerprint density at radius 1 is 1.17 bits per heavy atom. The molecule has 1 aromatic carbocycles. The molecule has 0 fully saturated rings. The molecule has 0 saturated heterocycles. The maximum absolute atomic E-state index is 6.17. The van der Waals surface area contributed by atoms with Crippen LogP contribution in [-0.4, -0.2) is 20.3 Å². The molecule has 0 radical (unpaired) electrons. The highest BCUT2D eigenvalue weighted by molar-refractivity contribution is 6.32. The van der Waals surface area contributed by atoms with Crippen molar-refractivity contribution >= 4 is 23.2 Å². The lowest BCUT2D eigenvalue weighted by atomic mass is 9.89. The minimum atomic E-state index is -0.205. The smallest absolute Gasteiger partial charge is 0.141 e. The fourth-order valence-corrected chi connectivity index (χ4v) is 2.72. The fraction of sp³-hybridized carbons (Fsp3) is 0.286. The Balaban J connectivity index is 2.46. The number of rotatable bonds is 3. The Hall–Kier alpha value is -0.960. The van der Waals surface area contributed by atoms with Crippen molar-refractivity contribution in [1.82, 2.24) is 0 Å². The lowest BCUT2D eigenvalue weighted by molar-refractivity contribution is 0.124. The maximum atomic E-state index is 6.17. The van der Waals surface area contributed by atoms with Crippen molar-refractivity contribution in [3.8, 4) is 5.75 Å². The van der Waals surface area contributed by atoms with Crippen LogP contribution in [0, 0.1) is 0 Å². The van der Waals surface area contributed by atoms with Gasteiger partial charge < -0.3 is 9.47 Å². The number of halogens is 2. The normalized spacial score (nSPS) is 22.8. The quantitative estimate of drug-likeness (QED) is 0.831. The number of hydrogen-bond donors (Lipinski definition) is 0. The average molecular weight is 285 g/mol. The van der Waals surface area contributed by atoms with Crippen molar-refractivity contribution in [2.45, 2.75) is 12.0 Å². The molecule has 0 aliphatic heterocycles. The van der Waals surface area contributed by atoms with Gasteiger partial charge in [0, 0.05) is 23.6 Å². The van der Waals surface area contributed by atoms with Crippen LogP contribution in [0.15, 0.2) is 41.5 Å². The van der Waals surface area contributed by atoms with Crippen molar-refractivity contribution < 1.29 is 9.47 Å². The zero-order chi connectivity index (χ0) is 13.1. The first kappa shape index (κ1) is 13.5. The van der Waals surface area contributed by atoms with Gasteiger partial charge in [-0.15, -0.1) is 0 Å². The standard InChI is InChI=1S/C14H14Cl2O2/c1-17-13-9(5-3-7-11(13)15)10-6-4-8-12(16)14(10)18-2/h3-9,13H,1-2H3/t9?,13-/m0/s1. The van der Waals surface area contributed by atoms with Crippen LogP contribution in [0.3, 0.4) is 0 Å². The largest absolute Gasteiger partial charge is 0.495 e. The van der Waals surface area contributed by atoms with E-state index in [9.17, 15) is 0 Å². The summed E-state index contributed by atoms with van der Waals surface area (Å²) in [6.45, 7) is 0. The Morgan fingerprint density at radius 2 is 1.94 bits per heavy atom. The molecular weight excluding hydrogens is 271 g/mol. The number of para-hydroxylation sites is 1. The van der Waals surface area contributed by atoms with Gasteiger partial charge in [0.05, 0.1) is 12.1 Å². The van der Waals surface area contributed by atoms with Gasteiger partial charge in [-0.3, -0.25) is 0 Å². The summed E-state index contributed by atoms with van der Waals surface area (Å²) in [5.41, 5.74) is 0.972. The van der Waals surface area contributed by atoms with Crippen LogP contribution in [0.25, 0.3) is 0 Å². The summed E-state index contributed by atoms with van der Waals surface area (Å²) in [4.78, 5) is 0. The fourth-order valence-electron chi connectivity index (χ4n) is 2.16. The van der Waals surface area contributed by atoms with E-state index < -0.39 is 0 Å². The van der Waals surface area contributed by atoms with Crippen molar-refractivity contribution in [3.63, 3.8) is 0 Å². The van der Waals surface area contributed by atoms with E-state index in [4.69, 9.17) is 32.7 Å². The molecule has 0 saturated carbocycles. The molecule has 0 N–H and O–H groups in total. The van der Waals surface area contributed by atoms with E-state index in [1.165, 1.54) is 0 Å². The summed E-state index contributed by atoms with van der Waals surface area (Å²) in [6, 6.07) is 5.67. The third kappa shape index (κ3) is 2.41. The molecule has 96 valence electrons. The molecule has 0 amide bonds. The van der Waals surface area contributed by atoms with Crippen LogP contribution in [0.5, 0.6) is 5.75 Å². The third-order valence-corrected chi connectivity index (χ3v) is 3.63. The summed E-state index contributed by atoms with van der Waals surface area (Å²) < 4.78 is 10.8. The van der Waals surface area contributed by atoms with Crippen molar-refractivity contribution in [2.24, 2.45) is 0 Å². The van der Waals surface area contributed by atoms with Gasteiger partial charge in [0.1, 0.15) is 11.9 Å². The average Bonchev–Trinajstić information content (AvgIpc) is 2.38. The van der Waals surface area contributed by atoms with Gasteiger partial charge in [0.25, 0.3) is 0 Å². The highest BCUT2D eigenvalue weighted by Crippen LogP contribution is 2.40. The van der Waals surface area contributed by atoms with Gasteiger partial charge in [-0.1, -0.05) is 47.5 Å². The Kier molecular flexibility index (Phi) is 4.33. The molecule has 2 rings (SSSR count). The number of ether oxygens (including phenoxy) is 2. The highest BCUT2D eigenvalue weighted by atomic mass is 35.5. The zero-order valence-electron chi connectivity index (χ0n) is 10.2. The number of hydrogen-bond acceptors (Lipinski definition) is 2. The van der Waals surface area contributed by atoms with E-state index in [0.717, 1.165) is 5.56 Å². The number of methoxy groups -OCH3 is 2. The van der Waals surface area contributed by atoms with E-state index in [-0.39, 0.29) is 12.0 Å². The highest BCUT2D eigenvalue weighted by Gasteiger charge is 2.28. The zero-order valence-corrected chi connectivity index (χ0v) is 11.7. The first-order valence-electron chi connectivity index (χ1n) is 5.58. The third-order valence-electron chi connectivity index (χ3n) is 2.99.